The minimum atomic E-state index is -0.342. The fourth-order valence-corrected chi connectivity index (χ4v) is 2.69. The van der Waals surface area contributed by atoms with E-state index in [9.17, 15) is 0 Å². The zero-order valence-electron chi connectivity index (χ0n) is 10.8. The molecule has 1 aromatic heterocycles. The van der Waals surface area contributed by atoms with Crippen molar-refractivity contribution >= 4 is 6.01 Å². The summed E-state index contributed by atoms with van der Waals surface area (Å²) in [7, 11) is 1.77. The summed E-state index contributed by atoms with van der Waals surface area (Å²) < 4.78 is 11.1. The van der Waals surface area contributed by atoms with Crippen LogP contribution in [-0.2, 0) is 10.3 Å². The predicted molar refractivity (Wildman–Crippen MR) is 64.8 cm³/mol. The van der Waals surface area contributed by atoms with Crippen LogP contribution in [0.15, 0.2) is 4.52 Å². The van der Waals surface area contributed by atoms with Crippen LogP contribution in [-0.4, -0.2) is 23.8 Å². The van der Waals surface area contributed by atoms with Crippen LogP contribution in [0.4, 0.5) is 6.01 Å². The Morgan fingerprint density at radius 3 is 3.00 bits per heavy atom. The number of nitrogens with zero attached hydrogens (tertiary/aromatic N) is 2. The third kappa shape index (κ3) is 2.44. The lowest BCUT2D eigenvalue weighted by molar-refractivity contribution is -0.0891. The van der Waals surface area contributed by atoms with Crippen LogP contribution < -0.4 is 5.32 Å². The van der Waals surface area contributed by atoms with E-state index in [-0.39, 0.29) is 5.60 Å². The van der Waals surface area contributed by atoms with Gasteiger partial charge in [-0.15, -0.1) is 0 Å². The molecule has 1 heterocycles. The second kappa shape index (κ2) is 5.04. The van der Waals surface area contributed by atoms with Gasteiger partial charge in [-0.05, 0) is 32.1 Å². The summed E-state index contributed by atoms with van der Waals surface area (Å²) in [6, 6.07) is 0.456. The molecule has 0 spiro atoms. The van der Waals surface area contributed by atoms with Crippen molar-refractivity contribution in [2.45, 2.75) is 45.1 Å². The van der Waals surface area contributed by atoms with Crippen LogP contribution in [0.1, 0.15) is 45.4 Å². The van der Waals surface area contributed by atoms with Crippen molar-refractivity contribution in [3.63, 3.8) is 0 Å². The van der Waals surface area contributed by atoms with Gasteiger partial charge in [-0.2, -0.15) is 4.98 Å². The monoisotopic (exact) mass is 239 g/mol. The molecule has 0 amide bonds. The standard InChI is InChI=1S/C12H21N3O2/c1-4-16-12(7-5-6-9(2)8-12)10-14-11(13-3)17-15-10/h9H,4-8H2,1-3H3,(H,13,14,15). The van der Waals surface area contributed by atoms with Gasteiger partial charge in [-0.25, -0.2) is 0 Å². The summed E-state index contributed by atoms with van der Waals surface area (Å²) in [6.07, 6.45) is 4.37. The van der Waals surface area contributed by atoms with Crippen LogP contribution in [0.5, 0.6) is 0 Å². The second-order valence-corrected chi connectivity index (χ2v) is 4.80. The summed E-state index contributed by atoms with van der Waals surface area (Å²) in [4.78, 5) is 4.36. The number of hydrogen-bond acceptors (Lipinski definition) is 5. The molecule has 96 valence electrons. The highest BCUT2D eigenvalue weighted by Gasteiger charge is 2.41. The van der Waals surface area contributed by atoms with Crippen LogP contribution in [0.2, 0.25) is 0 Å². The SMILES string of the molecule is CCOC1(c2noc(NC)n2)CCCC(C)C1. The summed E-state index contributed by atoms with van der Waals surface area (Å²) in [5.41, 5.74) is -0.342. The molecule has 0 bridgehead atoms. The molecular formula is C12H21N3O2. The number of aromatic nitrogens is 2. The van der Waals surface area contributed by atoms with Gasteiger partial charge in [0.15, 0.2) is 0 Å². The Morgan fingerprint density at radius 2 is 2.41 bits per heavy atom. The highest BCUT2D eigenvalue weighted by molar-refractivity contribution is 5.19. The topological polar surface area (TPSA) is 60.2 Å². The molecule has 0 radical (unpaired) electrons. The Balaban J connectivity index is 2.26. The molecule has 2 unspecified atom stereocenters. The second-order valence-electron chi connectivity index (χ2n) is 4.80. The smallest absolute Gasteiger partial charge is 0.321 e. The van der Waals surface area contributed by atoms with Gasteiger partial charge in [0.1, 0.15) is 5.60 Å². The molecule has 1 saturated carbocycles. The van der Waals surface area contributed by atoms with E-state index in [0.717, 1.165) is 19.3 Å². The molecule has 0 saturated heterocycles. The molecule has 2 atom stereocenters. The summed E-state index contributed by atoms with van der Waals surface area (Å²) in [5, 5.41) is 6.92. The van der Waals surface area contributed by atoms with Crippen molar-refractivity contribution in [2.24, 2.45) is 5.92 Å². The van der Waals surface area contributed by atoms with E-state index in [4.69, 9.17) is 9.26 Å². The van der Waals surface area contributed by atoms with Gasteiger partial charge < -0.3 is 14.6 Å². The maximum atomic E-state index is 5.97. The third-order valence-electron chi connectivity index (χ3n) is 3.42. The van der Waals surface area contributed by atoms with Gasteiger partial charge in [0.25, 0.3) is 0 Å². The zero-order valence-corrected chi connectivity index (χ0v) is 10.8. The van der Waals surface area contributed by atoms with Crippen LogP contribution in [0.3, 0.4) is 0 Å². The number of hydrogen-bond donors (Lipinski definition) is 1. The first-order chi connectivity index (χ1) is 8.20. The van der Waals surface area contributed by atoms with Crippen molar-refractivity contribution < 1.29 is 9.26 Å². The van der Waals surface area contributed by atoms with Crippen LogP contribution in [0.25, 0.3) is 0 Å². The molecule has 0 aliphatic heterocycles. The Hall–Kier alpha value is -1.10. The molecule has 1 N–H and O–H groups in total. The first-order valence-corrected chi connectivity index (χ1v) is 6.36. The summed E-state index contributed by atoms with van der Waals surface area (Å²) in [5.74, 6) is 1.34. The molecule has 1 fully saturated rings. The Labute approximate surface area is 102 Å². The quantitative estimate of drug-likeness (QED) is 0.875. The highest BCUT2D eigenvalue weighted by Crippen LogP contribution is 2.41. The lowest BCUT2D eigenvalue weighted by Crippen LogP contribution is -2.36. The van der Waals surface area contributed by atoms with Gasteiger partial charge in [0, 0.05) is 13.7 Å². The highest BCUT2D eigenvalue weighted by atomic mass is 16.5. The predicted octanol–water partition coefficient (Wildman–Crippen LogP) is 2.55. The van der Waals surface area contributed by atoms with Crippen molar-refractivity contribution in [3.05, 3.63) is 5.82 Å². The van der Waals surface area contributed by atoms with E-state index in [1.54, 1.807) is 7.05 Å². The van der Waals surface area contributed by atoms with E-state index in [0.29, 0.717) is 24.4 Å². The van der Waals surface area contributed by atoms with Crippen molar-refractivity contribution in [1.82, 2.24) is 10.1 Å². The minimum absolute atomic E-state index is 0.342. The van der Waals surface area contributed by atoms with Gasteiger partial charge in [-0.1, -0.05) is 18.5 Å². The van der Waals surface area contributed by atoms with Gasteiger partial charge in [0.05, 0.1) is 0 Å². The molecule has 0 aromatic carbocycles. The van der Waals surface area contributed by atoms with E-state index in [1.807, 2.05) is 6.92 Å². The Bertz CT molecular complexity index is 362. The average molecular weight is 239 g/mol. The molecule has 1 aliphatic carbocycles. The average Bonchev–Trinajstić information content (AvgIpc) is 2.78. The molecule has 5 nitrogen and oxygen atoms in total. The molecular weight excluding hydrogens is 218 g/mol. The Kier molecular flexibility index (Phi) is 3.66. The summed E-state index contributed by atoms with van der Waals surface area (Å²) in [6.45, 7) is 4.95. The lowest BCUT2D eigenvalue weighted by Gasteiger charge is -2.37. The van der Waals surface area contributed by atoms with E-state index in [1.165, 1.54) is 6.42 Å². The molecule has 5 heteroatoms. The summed E-state index contributed by atoms with van der Waals surface area (Å²) >= 11 is 0. The molecule has 17 heavy (non-hydrogen) atoms. The number of anilines is 1. The first-order valence-electron chi connectivity index (χ1n) is 6.36. The van der Waals surface area contributed by atoms with E-state index >= 15 is 0 Å². The van der Waals surface area contributed by atoms with E-state index in [2.05, 4.69) is 22.4 Å². The van der Waals surface area contributed by atoms with Gasteiger partial charge in [0.2, 0.25) is 5.82 Å². The maximum absolute atomic E-state index is 5.97. The number of ether oxygens (including phenoxy) is 1. The molecule has 1 aliphatic rings. The lowest BCUT2D eigenvalue weighted by atomic mass is 9.78. The largest absolute Gasteiger partial charge is 0.367 e. The fourth-order valence-electron chi connectivity index (χ4n) is 2.69. The van der Waals surface area contributed by atoms with Crippen molar-refractivity contribution in [1.29, 1.82) is 0 Å². The number of rotatable bonds is 4. The molecule has 2 rings (SSSR count). The van der Waals surface area contributed by atoms with Crippen LogP contribution >= 0.6 is 0 Å². The van der Waals surface area contributed by atoms with Crippen LogP contribution in [0, 0.1) is 5.92 Å². The Morgan fingerprint density at radius 1 is 1.59 bits per heavy atom. The van der Waals surface area contributed by atoms with Crippen molar-refractivity contribution in [3.8, 4) is 0 Å². The zero-order chi connectivity index (χ0) is 12.3. The maximum Gasteiger partial charge on any atom is 0.321 e. The normalized spacial score (nSPS) is 29.2. The van der Waals surface area contributed by atoms with Crippen molar-refractivity contribution in [2.75, 3.05) is 19.0 Å². The molecule has 1 aromatic rings. The third-order valence-corrected chi connectivity index (χ3v) is 3.42. The van der Waals surface area contributed by atoms with E-state index < -0.39 is 0 Å². The first kappa shape index (κ1) is 12.4. The minimum Gasteiger partial charge on any atom is -0.367 e. The van der Waals surface area contributed by atoms with Gasteiger partial charge >= 0.3 is 6.01 Å². The van der Waals surface area contributed by atoms with Gasteiger partial charge in [-0.3, -0.25) is 0 Å². The number of nitrogens with one attached hydrogen (secondary N) is 1. The fraction of sp³-hybridized carbons (Fsp3) is 0.833.